The average Bonchev–Trinajstić information content (AvgIpc) is 1.87. The van der Waals surface area contributed by atoms with Crippen LogP contribution >= 0.6 is 24.2 Å². The molecule has 0 spiro atoms. The minimum atomic E-state index is -2.38. The fourth-order valence-corrected chi connectivity index (χ4v) is 1.20. The van der Waals surface area contributed by atoms with E-state index in [1.165, 1.54) is 0 Å². The summed E-state index contributed by atoms with van der Waals surface area (Å²) < 4.78 is 14.4. The van der Waals surface area contributed by atoms with Crippen molar-refractivity contribution in [1.29, 1.82) is 0 Å². The fourth-order valence-electron chi connectivity index (χ4n) is 0.516. The van der Waals surface area contributed by atoms with Gasteiger partial charge < -0.3 is 0 Å². The molecule has 0 rings (SSSR count). The second-order valence-electron chi connectivity index (χ2n) is 1.82. The number of hydrogen-bond acceptors (Lipinski definition) is 2. The van der Waals surface area contributed by atoms with Gasteiger partial charge in [-0.1, -0.05) is 22.4 Å². The number of hydrogen-bond donors (Lipinski definition) is 1. The van der Waals surface area contributed by atoms with Gasteiger partial charge in [0.1, 0.15) is 6.61 Å². The van der Waals surface area contributed by atoms with E-state index in [1.807, 2.05) is 0 Å². The van der Waals surface area contributed by atoms with Crippen molar-refractivity contribution in [2.24, 2.45) is 0 Å². The van der Waals surface area contributed by atoms with Gasteiger partial charge >= 0.3 is 8.25 Å². The smallest absolute Gasteiger partial charge is 0.133 e. The molecule has 0 aromatic rings. The first-order valence-electron chi connectivity index (χ1n) is 3.12. The molecule has 0 aromatic carbocycles. The fraction of sp³-hybridized carbons (Fsp3) is 1.00. The minimum Gasteiger partial charge on any atom is -0.133 e. The molecule has 1 unspecified atom stereocenters. The molecule has 10 heavy (non-hydrogen) atoms. The summed E-state index contributed by atoms with van der Waals surface area (Å²) >= 11 is 3.28. The number of unbranched alkanes of at least 4 members (excludes halogenated alkanes) is 2. The topological polar surface area (TPSA) is 46.5 Å². The molecule has 1 N–H and O–H groups in total. The number of alkyl halides is 1. The second-order valence-corrected chi connectivity index (χ2v) is 3.35. The van der Waals surface area contributed by atoms with Crippen LogP contribution in [-0.2, 0) is 9.09 Å². The monoisotopic (exact) mass is 229 g/mol. The van der Waals surface area contributed by atoms with Crippen LogP contribution < -0.4 is 0 Å². The lowest BCUT2D eigenvalue weighted by Gasteiger charge is -1.90. The van der Waals surface area contributed by atoms with Gasteiger partial charge in [0.05, 0.1) is 0 Å². The van der Waals surface area contributed by atoms with Crippen molar-refractivity contribution >= 4 is 24.2 Å². The van der Waals surface area contributed by atoms with Crippen LogP contribution in [0, 0.1) is 0 Å². The molecule has 0 bridgehead atoms. The summed E-state index contributed by atoms with van der Waals surface area (Å²) in [6.07, 6.45) is 2.98. The molecule has 0 aliphatic carbocycles. The zero-order valence-electron chi connectivity index (χ0n) is 5.62. The first-order chi connectivity index (χ1) is 4.77. The summed E-state index contributed by atoms with van der Waals surface area (Å²) in [5, 5.41) is 0.984. The van der Waals surface area contributed by atoms with E-state index in [9.17, 15) is 4.57 Å². The normalized spacial score (nSPS) is 11.6. The van der Waals surface area contributed by atoms with E-state index in [4.69, 9.17) is 4.89 Å². The lowest BCUT2D eigenvalue weighted by Crippen LogP contribution is -1.86. The van der Waals surface area contributed by atoms with Crippen molar-refractivity contribution in [2.45, 2.75) is 19.3 Å². The zero-order chi connectivity index (χ0) is 7.82. The van der Waals surface area contributed by atoms with Crippen molar-refractivity contribution in [3.8, 4) is 0 Å². The van der Waals surface area contributed by atoms with Crippen LogP contribution in [0.3, 0.4) is 0 Å². The highest BCUT2D eigenvalue weighted by Gasteiger charge is 2.09. The van der Waals surface area contributed by atoms with E-state index in [2.05, 4.69) is 20.5 Å². The van der Waals surface area contributed by atoms with Crippen molar-refractivity contribution < 1.29 is 14.0 Å². The van der Waals surface area contributed by atoms with Gasteiger partial charge in [-0.3, -0.25) is 0 Å². The maximum absolute atomic E-state index is 9.95. The van der Waals surface area contributed by atoms with Crippen LogP contribution in [0.25, 0.3) is 0 Å². The lowest BCUT2D eigenvalue weighted by molar-refractivity contribution is 0.275. The third-order valence-electron chi connectivity index (χ3n) is 0.980. The highest BCUT2D eigenvalue weighted by Crippen LogP contribution is 2.14. The summed E-state index contributed by atoms with van der Waals surface area (Å²) in [4.78, 5) is 8.19. The Hall–Kier alpha value is 0.500. The average molecular weight is 230 g/mol. The summed E-state index contributed by atoms with van der Waals surface area (Å²) in [5.41, 5.74) is 0. The van der Waals surface area contributed by atoms with Crippen molar-refractivity contribution in [3.05, 3.63) is 0 Å². The van der Waals surface area contributed by atoms with Crippen LogP contribution in [0.15, 0.2) is 0 Å². The van der Waals surface area contributed by atoms with Crippen LogP contribution in [-0.4, -0.2) is 16.8 Å². The Labute approximate surface area is 69.9 Å². The molecule has 1 atom stereocenters. The van der Waals surface area contributed by atoms with Gasteiger partial charge in [-0.25, -0.2) is 0 Å². The molecule has 60 valence electrons. The Balaban J connectivity index is 2.84. The van der Waals surface area contributed by atoms with Gasteiger partial charge in [-0.15, -0.1) is 9.42 Å². The van der Waals surface area contributed by atoms with E-state index in [0.717, 1.165) is 24.6 Å². The maximum Gasteiger partial charge on any atom is 0.694 e. The highest BCUT2D eigenvalue weighted by molar-refractivity contribution is 9.09. The van der Waals surface area contributed by atoms with E-state index in [1.54, 1.807) is 0 Å². The van der Waals surface area contributed by atoms with Gasteiger partial charge in [0.15, 0.2) is 0 Å². The van der Waals surface area contributed by atoms with E-state index in [0.29, 0.717) is 6.61 Å². The largest absolute Gasteiger partial charge is 0.694 e. The summed E-state index contributed by atoms with van der Waals surface area (Å²) in [5.74, 6) is 0. The molecule has 5 heteroatoms. The Morgan fingerprint density at radius 3 is 2.60 bits per heavy atom. The zero-order valence-corrected chi connectivity index (χ0v) is 8.10. The summed E-state index contributed by atoms with van der Waals surface area (Å²) in [6, 6.07) is 0. The van der Waals surface area contributed by atoms with Gasteiger partial charge in [0.25, 0.3) is 0 Å². The summed E-state index contributed by atoms with van der Waals surface area (Å²) in [7, 11) is -2.38. The standard InChI is InChI=1S/C5H10BrO3P/c6-4-2-1-3-5-9-10(7)8/h1-5H2/p+1. The SMILES string of the molecule is O=[P+](O)OCCCCCBr. The van der Waals surface area contributed by atoms with Crippen LogP contribution in [0.1, 0.15) is 19.3 Å². The molecular formula is C5H11BrO3P+. The molecule has 0 aromatic heterocycles. The first kappa shape index (κ1) is 10.5. The second kappa shape index (κ2) is 7.61. The molecule has 0 aliphatic rings. The maximum atomic E-state index is 9.95. The molecule has 3 nitrogen and oxygen atoms in total. The lowest BCUT2D eigenvalue weighted by atomic mass is 10.3. The van der Waals surface area contributed by atoms with E-state index >= 15 is 0 Å². The van der Waals surface area contributed by atoms with E-state index < -0.39 is 8.25 Å². The highest BCUT2D eigenvalue weighted by atomic mass is 79.9. The van der Waals surface area contributed by atoms with Crippen LogP contribution in [0.2, 0.25) is 0 Å². The summed E-state index contributed by atoms with van der Waals surface area (Å²) in [6.45, 7) is 0.388. The predicted molar refractivity (Wildman–Crippen MR) is 43.4 cm³/mol. The molecule has 0 fully saturated rings. The van der Waals surface area contributed by atoms with Gasteiger partial charge in [0.2, 0.25) is 0 Å². The molecule has 0 aliphatic heterocycles. The molecule has 0 amide bonds. The molecular weight excluding hydrogens is 219 g/mol. The van der Waals surface area contributed by atoms with Gasteiger partial charge in [-0.05, 0) is 12.8 Å². The van der Waals surface area contributed by atoms with E-state index in [-0.39, 0.29) is 0 Å². The third-order valence-corrected chi connectivity index (χ3v) is 1.94. The Kier molecular flexibility index (Phi) is 7.99. The van der Waals surface area contributed by atoms with Crippen LogP contribution in [0.4, 0.5) is 0 Å². The number of rotatable bonds is 6. The van der Waals surface area contributed by atoms with Crippen LogP contribution in [0.5, 0.6) is 0 Å². The minimum absolute atomic E-state index is 0.388. The molecule has 0 saturated heterocycles. The molecule has 0 radical (unpaired) electrons. The Bertz CT molecular complexity index is 98.9. The number of halogens is 1. The third kappa shape index (κ3) is 8.50. The predicted octanol–water partition coefficient (Wildman–Crippen LogP) is 2.22. The Morgan fingerprint density at radius 1 is 1.40 bits per heavy atom. The van der Waals surface area contributed by atoms with Crippen molar-refractivity contribution in [2.75, 3.05) is 11.9 Å². The quantitative estimate of drug-likeness (QED) is 0.432. The molecule has 0 heterocycles. The Morgan fingerprint density at radius 2 is 2.10 bits per heavy atom. The van der Waals surface area contributed by atoms with Crippen molar-refractivity contribution in [3.63, 3.8) is 0 Å². The van der Waals surface area contributed by atoms with Gasteiger partial charge in [0, 0.05) is 9.90 Å². The van der Waals surface area contributed by atoms with Gasteiger partial charge in [-0.2, -0.15) is 0 Å². The first-order valence-corrected chi connectivity index (χ1v) is 5.37. The molecule has 0 saturated carbocycles. The van der Waals surface area contributed by atoms with Crippen molar-refractivity contribution in [1.82, 2.24) is 0 Å².